The summed E-state index contributed by atoms with van der Waals surface area (Å²) in [7, 11) is 0. The fourth-order valence-electron chi connectivity index (χ4n) is 4.16. The average Bonchev–Trinajstić information content (AvgIpc) is 2.83. The number of pyridine rings is 1. The number of anilines is 1. The van der Waals surface area contributed by atoms with E-state index in [0.29, 0.717) is 57.5 Å². The molecule has 2 aliphatic heterocycles. The van der Waals surface area contributed by atoms with Crippen molar-refractivity contribution in [2.24, 2.45) is 11.8 Å². The van der Waals surface area contributed by atoms with Crippen LogP contribution in [0.1, 0.15) is 36.9 Å². The van der Waals surface area contributed by atoms with Gasteiger partial charge in [0.05, 0.1) is 23.7 Å². The van der Waals surface area contributed by atoms with Crippen LogP contribution in [0.15, 0.2) is 24.7 Å². The summed E-state index contributed by atoms with van der Waals surface area (Å²) >= 11 is 0. The van der Waals surface area contributed by atoms with Gasteiger partial charge < -0.3 is 14.8 Å². The molecule has 0 atom stereocenters. The Morgan fingerprint density at radius 3 is 2.42 bits per heavy atom. The number of rotatable bonds is 7. The number of aromatic nitrogens is 3. The largest absolute Gasteiger partial charge is 0.418 e. The molecule has 4 rings (SSSR count). The summed E-state index contributed by atoms with van der Waals surface area (Å²) in [6.07, 6.45) is 2.04. The molecule has 2 aliphatic rings. The van der Waals surface area contributed by atoms with Crippen LogP contribution in [0.2, 0.25) is 0 Å². The second-order valence-corrected chi connectivity index (χ2v) is 8.47. The maximum atomic E-state index is 13.7. The zero-order valence-electron chi connectivity index (χ0n) is 18.2. The molecule has 2 saturated heterocycles. The third-order valence-electron chi connectivity index (χ3n) is 6.12. The molecule has 1 N–H and O–H groups in total. The third-order valence-corrected chi connectivity index (χ3v) is 6.12. The number of hydrogen-bond donors (Lipinski definition) is 1. The number of nitrogens with zero attached hydrogens (tertiary/aromatic N) is 3. The molecule has 4 heterocycles. The monoisotopic (exact) mass is 464 g/mol. The number of alkyl halides is 3. The Labute approximate surface area is 190 Å². The van der Waals surface area contributed by atoms with Gasteiger partial charge in [-0.1, -0.05) is 0 Å². The molecule has 0 saturated carbocycles. The summed E-state index contributed by atoms with van der Waals surface area (Å²) in [4.78, 5) is 25.0. The first-order chi connectivity index (χ1) is 15.9. The van der Waals surface area contributed by atoms with E-state index in [1.807, 2.05) is 0 Å². The van der Waals surface area contributed by atoms with Crippen LogP contribution < -0.4 is 5.32 Å². The van der Waals surface area contributed by atoms with Crippen molar-refractivity contribution in [3.8, 4) is 11.3 Å². The Morgan fingerprint density at radius 1 is 1.03 bits per heavy atom. The fourth-order valence-corrected chi connectivity index (χ4v) is 4.16. The molecule has 0 spiro atoms. The van der Waals surface area contributed by atoms with E-state index in [1.54, 1.807) is 0 Å². The van der Waals surface area contributed by atoms with Crippen LogP contribution >= 0.6 is 0 Å². The lowest BCUT2D eigenvalue weighted by molar-refractivity contribution is -0.137. The summed E-state index contributed by atoms with van der Waals surface area (Å²) in [6, 6.07) is 1.31. The minimum absolute atomic E-state index is 0.0229. The lowest BCUT2D eigenvalue weighted by Gasteiger charge is -2.22. The zero-order valence-corrected chi connectivity index (χ0v) is 18.2. The van der Waals surface area contributed by atoms with Crippen LogP contribution in [-0.2, 0) is 26.9 Å². The molecule has 7 nitrogen and oxygen atoms in total. The van der Waals surface area contributed by atoms with Gasteiger partial charge in [-0.15, -0.1) is 0 Å². The van der Waals surface area contributed by atoms with Crippen molar-refractivity contribution in [2.75, 3.05) is 38.3 Å². The Balaban J connectivity index is 1.55. The number of carbonyl (C=O) groups is 1. The Kier molecular flexibility index (Phi) is 7.54. The second kappa shape index (κ2) is 10.6. The zero-order chi connectivity index (χ0) is 23.3. The van der Waals surface area contributed by atoms with Gasteiger partial charge in [0.1, 0.15) is 11.6 Å². The third kappa shape index (κ3) is 6.26. The predicted molar refractivity (Wildman–Crippen MR) is 115 cm³/mol. The van der Waals surface area contributed by atoms with Crippen LogP contribution in [0.25, 0.3) is 11.3 Å². The maximum Gasteiger partial charge on any atom is 0.418 e. The van der Waals surface area contributed by atoms with E-state index in [9.17, 15) is 18.0 Å². The van der Waals surface area contributed by atoms with Crippen molar-refractivity contribution in [2.45, 2.75) is 38.3 Å². The summed E-state index contributed by atoms with van der Waals surface area (Å²) < 4.78 is 51.8. The summed E-state index contributed by atoms with van der Waals surface area (Å²) in [5.74, 6) is 0.640. The van der Waals surface area contributed by atoms with Crippen LogP contribution in [0.3, 0.4) is 0 Å². The molecular weight excluding hydrogens is 437 g/mol. The van der Waals surface area contributed by atoms with E-state index in [2.05, 4.69) is 20.3 Å². The Morgan fingerprint density at radius 2 is 1.73 bits per heavy atom. The first kappa shape index (κ1) is 23.6. The number of Topliss-reactive ketones (excluding diaryl/α,β-unsaturated/α-hetero) is 1. The maximum absolute atomic E-state index is 13.7. The normalized spacial score (nSPS) is 18.3. The highest BCUT2D eigenvalue weighted by Gasteiger charge is 2.35. The molecular formula is C23H27F3N4O3. The number of ketones is 1. The van der Waals surface area contributed by atoms with Crippen LogP contribution in [0.4, 0.5) is 19.0 Å². The van der Waals surface area contributed by atoms with Gasteiger partial charge in [0, 0.05) is 62.8 Å². The van der Waals surface area contributed by atoms with E-state index >= 15 is 0 Å². The number of hydrogen-bond acceptors (Lipinski definition) is 7. The van der Waals surface area contributed by atoms with Gasteiger partial charge in [-0.3, -0.25) is 14.8 Å². The number of carbonyl (C=O) groups excluding carboxylic acids is 1. The topological polar surface area (TPSA) is 86.2 Å². The minimum Gasteiger partial charge on any atom is -0.381 e. The van der Waals surface area contributed by atoms with Gasteiger partial charge in [-0.2, -0.15) is 13.2 Å². The molecule has 33 heavy (non-hydrogen) atoms. The van der Waals surface area contributed by atoms with Gasteiger partial charge in [0.15, 0.2) is 0 Å². The van der Waals surface area contributed by atoms with Crippen molar-refractivity contribution in [3.63, 3.8) is 0 Å². The van der Waals surface area contributed by atoms with Crippen molar-refractivity contribution in [1.29, 1.82) is 0 Å². The van der Waals surface area contributed by atoms with E-state index < -0.39 is 11.7 Å². The number of ether oxygens (including phenoxy) is 2. The van der Waals surface area contributed by atoms with E-state index in [1.165, 1.54) is 18.5 Å². The molecule has 0 aromatic carbocycles. The van der Waals surface area contributed by atoms with Crippen LogP contribution in [0, 0.1) is 11.8 Å². The smallest absolute Gasteiger partial charge is 0.381 e. The van der Waals surface area contributed by atoms with Gasteiger partial charge in [-0.25, -0.2) is 4.98 Å². The highest BCUT2D eigenvalue weighted by atomic mass is 19.4. The molecule has 0 bridgehead atoms. The van der Waals surface area contributed by atoms with E-state index in [0.717, 1.165) is 19.0 Å². The lowest BCUT2D eigenvalue weighted by Crippen LogP contribution is -2.25. The Bertz CT molecular complexity index is 958. The van der Waals surface area contributed by atoms with Crippen molar-refractivity contribution >= 4 is 11.6 Å². The molecule has 10 heteroatoms. The molecule has 178 valence electrons. The first-order valence-corrected chi connectivity index (χ1v) is 11.2. The summed E-state index contributed by atoms with van der Waals surface area (Å²) in [5.41, 5.74) is -0.659. The quantitative estimate of drug-likeness (QED) is 0.664. The molecule has 0 amide bonds. The molecule has 0 unspecified atom stereocenters. The Hall–Kier alpha value is -2.59. The molecule has 2 aromatic rings. The summed E-state index contributed by atoms with van der Waals surface area (Å²) in [5, 5.41) is 3.18. The molecule has 2 fully saturated rings. The second-order valence-electron chi connectivity index (χ2n) is 8.47. The number of nitrogens with one attached hydrogen (secondary N) is 1. The number of halogens is 3. The van der Waals surface area contributed by atoms with Gasteiger partial charge in [0.25, 0.3) is 0 Å². The first-order valence-electron chi connectivity index (χ1n) is 11.2. The summed E-state index contributed by atoms with van der Waals surface area (Å²) in [6.45, 7) is 3.10. The van der Waals surface area contributed by atoms with E-state index in [4.69, 9.17) is 9.47 Å². The highest BCUT2D eigenvalue weighted by molar-refractivity contribution is 5.83. The van der Waals surface area contributed by atoms with Crippen molar-refractivity contribution in [1.82, 2.24) is 15.0 Å². The van der Waals surface area contributed by atoms with Crippen molar-refractivity contribution in [3.05, 3.63) is 35.9 Å². The molecule has 2 aromatic heterocycles. The molecule has 0 aliphatic carbocycles. The van der Waals surface area contributed by atoms with Gasteiger partial charge in [-0.05, 0) is 37.7 Å². The predicted octanol–water partition coefficient (Wildman–Crippen LogP) is 3.93. The van der Waals surface area contributed by atoms with Gasteiger partial charge in [0.2, 0.25) is 0 Å². The molecule has 0 radical (unpaired) electrons. The standard InChI is InChI=1S/C23H27F3N4O3/c24-23(25,26)19-12-28-17(10-21(31)16-3-7-33-8-4-16)9-18(19)20-13-27-14-22(30-20)29-11-15-1-5-32-6-2-15/h9,12-16H,1-8,10-11H2,(H,29,30). The van der Waals surface area contributed by atoms with Crippen molar-refractivity contribution < 1.29 is 27.4 Å². The van der Waals surface area contributed by atoms with Crippen LogP contribution in [0.5, 0.6) is 0 Å². The SMILES string of the molecule is O=C(Cc1cc(-c2cncc(NCC3CCOCC3)n2)c(C(F)(F)F)cn1)C1CCOCC1. The lowest BCUT2D eigenvalue weighted by atomic mass is 9.92. The minimum atomic E-state index is -4.61. The highest BCUT2D eigenvalue weighted by Crippen LogP contribution is 2.36. The van der Waals surface area contributed by atoms with Gasteiger partial charge >= 0.3 is 6.18 Å². The van der Waals surface area contributed by atoms with E-state index in [-0.39, 0.29) is 35.1 Å². The average molecular weight is 464 g/mol. The van der Waals surface area contributed by atoms with Crippen LogP contribution in [-0.4, -0.2) is 53.7 Å². The fraction of sp³-hybridized carbons (Fsp3) is 0.565.